The van der Waals surface area contributed by atoms with Crippen molar-refractivity contribution < 1.29 is 0 Å². The summed E-state index contributed by atoms with van der Waals surface area (Å²) in [5.41, 5.74) is 2.98. The van der Waals surface area contributed by atoms with Gasteiger partial charge < -0.3 is 0 Å². The molecular formula is C12H15. The van der Waals surface area contributed by atoms with Crippen molar-refractivity contribution in [3.8, 4) is 0 Å². The topological polar surface area (TPSA) is 0 Å². The average Bonchev–Trinajstić information content (AvgIpc) is 2.46. The van der Waals surface area contributed by atoms with E-state index >= 15 is 0 Å². The molecule has 1 aromatic rings. The lowest BCUT2D eigenvalue weighted by molar-refractivity contribution is 0.459. The van der Waals surface area contributed by atoms with E-state index in [2.05, 4.69) is 44.5 Å². The van der Waals surface area contributed by atoms with Gasteiger partial charge in [0.15, 0.2) is 0 Å². The lowest BCUT2D eigenvalue weighted by atomic mass is 9.93. The maximum atomic E-state index is 2.42. The van der Waals surface area contributed by atoms with Crippen molar-refractivity contribution in [2.45, 2.75) is 20.3 Å². The van der Waals surface area contributed by atoms with Crippen LogP contribution in [-0.2, 0) is 6.42 Å². The van der Waals surface area contributed by atoms with Crippen molar-refractivity contribution in [3.63, 3.8) is 0 Å². The van der Waals surface area contributed by atoms with Crippen LogP contribution < -0.4 is 0 Å². The van der Waals surface area contributed by atoms with Crippen molar-refractivity contribution in [2.75, 3.05) is 0 Å². The Morgan fingerprint density at radius 1 is 1.25 bits per heavy atom. The van der Waals surface area contributed by atoms with Crippen LogP contribution in [-0.4, -0.2) is 0 Å². The standard InChI is InChI=1S/C12H15/c1-9(2)12-7-10-5-3-4-6-11(10)8-12/h3-7,9,12H,8H2,1-2H3. The third kappa shape index (κ3) is 1.26. The van der Waals surface area contributed by atoms with Gasteiger partial charge in [-0.3, -0.25) is 0 Å². The minimum Gasteiger partial charge on any atom is -0.0625 e. The molecule has 1 aliphatic rings. The Labute approximate surface area is 74.6 Å². The third-order valence-corrected chi connectivity index (χ3v) is 2.76. The fourth-order valence-electron chi connectivity index (χ4n) is 1.85. The summed E-state index contributed by atoms with van der Waals surface area (Å²) >= 11 is 0. The maximum Gasteiger partial charge on any atom is -0.00534 e. The fourth-order valence-corrected chi connectivity index (χ4v) is 1.85. The number of rotatable bonds is 1. The Morgan fingerprint density at radius 2 is 2.00 bits per heavy atom. The average molecular weight is 159 g/mol. The molecule has 0 spiro atoms. The predicted molar refractivity (Wildman–Crippen MR) is 51.9 cm³/mol. The van der Waals surface area contributed by atoms with Crippen LogP contribution in [0.3, 0.4) is 0 Å². The summed E-state index contributed by atoms with van der Waals surface area (Å²) in [5, 5.41) is 0. The summed E-state index contributed by atoms with van der Waals surface area (Å²) in [6, 6.07) is 8.72. The van der Waals surface area contributed by atoms with Gasteiger partial charge in [0.2, 0.25) is 0 Å². The molecule has 0 bridgehead atoms. The van der Waals surface area contributed by atoms with Crippen LogP contribution in [0.15, 0.2) is 24.3 Å². The van der Waals surface area contributed by atoms with Gasteiger partial charge in [-0.15, -0.1) is 0 Å². The quantitative estimate of drug-likeness (QED) is 0.590. The van der Waals surface area contributed by atoms with Gasteiger partial charge in [0, 0.05) is 0 Å². The number of benzene rings is 1. The zero-order valence-corrected chi connectivity index (χ0v) is 7.75. The van der Waals surface area contributed by atoms with E-state index in [4.69, 9.17) is 0 Å². The largest absolute Gasteiger partial charge is 0.0625 e. The maximum absolute atomic E-state index is 2.42. The Morgan fingerprint density at radius 3 is 2.67 bits per heavy atom. The highest BCUT2D eigenvalue weighted by molar-refractivity contribution is 5.39. The van der Waals surface area contributed by atoms with Gasteiger partial charge in [-0.05, 0) is 35.8 Å². The summed E-state index contributed by atoms with van der Waals surface area (Å²) in [6.07, 6.45) is 3.66. The molecular weight excluding hydrogens is 144 g/mol. The Balaban J connectivity index is 2.22. The van der Waals surface area contributed by atoms with Gasteiger partial charge in [0.25, 0.3) is 0 Å². The van der Waals surface area contributed by atoms with Crippen LogP contribution in [0.1, 0.15) is 25.0 Å². The van der Waals surface area contributed by atoms with Crippen LogP contribution in [0, 0.1) is 18.3 Å². The molecule has 0 heteroatoms. The molecule has 0 aliphatic heterocycles. The van der Waals surface area contributed by atoms with Gasteiger partial charge >= 0.3 is 0 Å². The van der Waals surface area contributed by atoms with Crippen LogP contribution in [0.2, 0.25) is 0 Å². The van der Waals surface area contributed by atoms with Crippen LogP contribution in [0.5, 0.6) is 0 Å². The monoisotopic (exact) mass is 159 g/mol. The predicted octanol–water partition coefficient (Wildman–Crippen LogP) is 3.07. The second kappa shape index (κ2) is 2.93. The molecule has 0 saturated heterocycles. The molecule has 0 nitrogen and oxygen atoms in total. The minimum absolute atomic E-state index is 0.766. The first-order valence-corrected chi connectivity index (χ1v) is 4.70. The molecule has 0 N–H and O–H groups in total. The number of hydrogen-bond acceptors (Lipinski definition) is 0. The first-order chi connectivity index (χ1) is 5.77. The second-order valence-electron chi connectivity index (χ2n) is 3.98. The van der Waals surface area contributed by atoms with E-state index in [1.807, 2.05) is 0 Å². The Bertz CT molecular complexity index is 248. The number of fused-ring (bicyclic) bond motifs is 1. The third-order valence-electron chi connectivity index (χ3n) is 2.76. The van der Waals surface area contributed by atoms with Crippen LogP contribution in [0.4, 0.5) is 0 Å². The Hall–Kier alpha value is -0.780. The molecule has 0 fully saturated rings. The minimum atomic E-state index is 0.766. The summed E-state index contributed by atoms with van der Waals surface area (Å²) in [5.74, 6) is 1.54. The van der Waals surface area contributed by atoms with E-state index in [1.165, 1.54) is 17.5 Å². The zero-order chi connectivity index (χ0) is 8.55. The van der Waals surface area contributed by atoms with E-state index in [0.717, 1.165) is 11.8 Å². The van der Waals surface area contributed by atoms with E-state index in [-0.39, 0.29) is 0 Å². The fraction of sp³-hybridized carbons (Fsp3) is 0.417. The van der Waals surface area contributed by atoms with Crippen molar-refractivity contribution in [3.05, 3.63) is 41.8 Å². The highest BCUT2D eigenvalue weighted by Gasteiger charge is 2.23. The van der Waals surface area contributed by atoms with Gasteiger partial charge in [-0.2, -0.15) is 0 Å². The molecule has 1 aliphatic carbocycles. The normalized spacial score (nSPS) is 16.9. The summed E-state index contributed by atoms with van der Waals surface area (Å²) < 4.78 is 0. The highest BCUT2D eigenvalue weighted by atomic mass is 14.3. The van der Waals surface area contributed by atoms with E-state index in [9.17, 15) is 0 Å². The molecule has 63 valence electrons. The lowest BCUT2D eigenvalue weighted by Gasteiger charge is -2.11. The van der Waals surface area contributed by atoms with Crippen molar-refractivity contribution in [1.82, 2.24) is 0 Å². The first-order valence-electron chi connectivity index (χ1n) is 4.70. The smallest absolute Gasteiger partial charge is 0.00534 e. The summed E-state index contributed by atoms with van der Waals surface area (Å²) in [4.78, 5) is 0. The van der Waals surface area contributed by atoms with E-state index in [1.54, 1.807) is 0 Å². The van der Waals surface area contributed by atoms with Crippen molar-refractivity contribution in [1.29, 1.82) is 0 Å². The molecule has 1 radical (unpaired) electrons. The highest BCUT2D eigenvalue weighted by Crippen LogP contribution is 2.32. The number of hydrogen-bond donors (Lipinski definition) is 0. The van der Waals surface area contributed by atoms with E-state index in [0.29, 0.717) is 0 Å². The molecule has 12 heavy (non-hydrogen) atoms. The van der Waals surface area contributed by atoms with Gasteiger partial charge in [0.05, 0.1) is 0 Å². The molecule has 1 unspecified atom stereocenters. The molecule has 1 aromatic carbocycles. The van der Waals surface area contributed by atoms with Crippen molar-refractivity contribution in [2.24, 2.45) is 11.8 Å². The molecule has 0 heterocycles. The molecule has 2 rings (SSSR count). The summed E-state index contributed by atoms with van der Waals surface area (Å²) in [6.45, 7) is 4.60. The lowest BCUT2D eigenvalue weighted by Crippen LogP contribution is -2.05. The molecule has 1 atom stereocenters. The Kier molecular flexibility index (Phi) is 1.92. The first kappa shape index (κ1) is 7.85. The molecule has 0 amide bonds. The SMILES string of the molecule is CC(C)C1[CH]c2ccccc2C1. The molecule has 0 aromatic heterocycles. The van der Waals surface area contributed by atoms with E-state index < -0.39 is 0 Å². The van der Waals surface area contributed by atoms with Gasteiger partial charge in [-0.25, -0.2) is 0 Å². The zero-order valence-electron chi connectivity index (χ0n) is 7.75. The van der Waals surface area contributed by atoms with Gasteiger partial charge in [0.1, 0.15) is 0 Å². The van der Waals surface area contributed by atoms with Crippen LogP contribution in [0.25, 0.3) is 0 Å². The molecule has 0 saturated carbocycles. The van der Waals surface area contributed by atoms with Crippen LogP contribution >= 0.6 is 0 Å². The van der Waals surface area contributed by atoms with Crippen molar-refractivity contribution >= 4 is 0 Å². The van der Waals surface area contributed by atoms with Gasteiger partial charge in [-0.1, -0.05) is 38.1 Å². The second-order valence-corrected chi connectivity index (χ2v) is 3.98. The summed E-state index contributed by atoms with van der Waals surface area (Å²) in [7, 11) is 0.